The molecule has 17 heavy (non-hydrogen) atoms. The normalized spacial score (nSPS) is 41.4. The highest BCUT2D eigenvalue weighted by atomic mass is 16.7. The van der Waals surface area contributed by atoms with E-state index in [9.17, 15) is 9.59 Å². The molecule has 0 spiro atoms. The van der Waals surface area contributed by atoms with Crippen molar-refractivity contribution in [1.29, 1.82) is 0 Å². The van der Waals surface area contributed by atoms with E-state index >= 15 is 0 Å². The van der Waals surface area contributed by atoms with Gasteiger partial charge < -0.3 is 0 Å². The summed E-state index contributed by atoms with van der Waals surface area (Å²) in [6.07, 6.45) is 6.51. The van der Waals surface area contributed by atoms with Gasteiger partial charge in [0.2, 0.25) is 0 Å². The van der Waals surface area contributed by atoms with Crippen molar-refractivity contribution in [1.82, 2.24) is 5.06 Å². The van der Waals surface area contributed by atoms with Crippen LogP contribution in [0.3, 0.4) is 0 Å². The van der Waals surface area contributed by atoms with E-state index in [1.165, 1.54) is 20.0 Å². The molecule has 3 fully saturated rings. The molecular weight excluding hydrogens is 218 g/mol. The Morgan fingerprint density at radius 2 is 1.53 bits per heavy atom. The van der Waals surface area contributed by atoms with E-state index in [0.29, 0.717) is 11.8 Å². The highest BCUT2D eigenvalue weighted by molar-refractivity contribution is 5.99. The van der Waals surface area contributed by atoms with Crippen LogP contribution in [-0.4, -0.2) is 24.0 Å². The SMILES string of the molecule is CON1C(=O)C2CCCC3CCCC(C1=O)C32. The second-order valence-electron chi connectivity index (χ2n) is 5.57. The Morgan fingerprint density at radius 1 is 1.00 bits per heavy atom. The van der Waals surface area contributed by atoms with Gasteiger partial charge in [0.15, 0.2) is 0 Å². The lowest BCUT2D eigenvalue weighted by Gasteiger charge is -2.49. The number of hydroxylamine groups is 2. The fraction of sp³-hybridized carbons (Fsp3) is 0.846. The van der Waals surface area contributed by atoms with Crippen molar-refractivity contribution in [3.05, 3.63) is 0 Å². The van der Waals surface area contributed by atoms with Gasteiger partial charge in [0.05, 0.1) is 7.11 Å². The Balaban J connectivity index is 1.95. The van der Waals surface area contributed by atoms with Crippen molar-refractivity contribution < 1.29 is 14.4 Å². The van der Waals surface area contributed by atoms with E-state index in [-0.39, 0.29) is 23.7 Å². The maximum atomic E-state index is 12.2. The minimum absolute atomic E-state index is 0.0386. The predicted octanol–water partition coefficient (Wildman–Crippen LogP) is 1.75. The second kappa shape index (κ2) is 4.09. The largest absolute Gasteiger partial charge is 0.272 e. The lowest BCUT2D eigenvalue weighted by Crippen LogP contribution is -2.57. The van der Waals surface area contributed by atoms with Crippen molar-refractivity contribution in [2.24, 2.45) is 23.7 Å². The van der Waals surface area contributed by atoms with Crippen molar-refractivity contribution in [3.8, 4) is 0 Å². The number of carbonyl (C=O) groups excluding carboxylic acids is 2. The third-order valence-electron chi connectivity index (χ3n) is 4.87. The zero-order chi connectivity index (χ0) is 12.0. The van der Waals surface area contributed by atoms with E-state index in [1.54, 1.807) is 0 Å². The molecular formula is C13H19NO3. The molecule has 4 nitrogen and oxygen atoms in total. The number of carbonyl (C=O) groups is 2. The molecule has 2 aliphatic carbocycles. The molecule has 94 valence electrons. The summed E-state index contributed by atoms with van der Waals surface area (Å²) in [5, 5.41) is 1.03. The Hall–Kier alpha value is -0.900. The van der Waals surface area contributed by atoms with Gasteiger partial charge >= 0.3 is 0 Å². The van der Waals surface area contributed by atoms with Crippen LogP contribution >= 0.6 is 0 Å². The maximum Gasteiger partial charge on any atom is 0.256 e. The van der Waals surface area contributed by atoms with Gasteiger partial charge in [-0.15, -0.1) is 0 Å². The molecule has 3 aliphatic rings. The van der Waals surface area contributed by atoms with Gasteiger partial charge in [-0.1, -0.05) is 25.7 Å². The van der Waals surface area contributed by atoms with Crippen molar-refractivity contribution >= 4 is 11.8 Å². The number of piperidine rings is 1. The standard InChI is InChI=1S/C13H19NO3/c1-17-14-12(15)9-6-2-4-8-5-3-7-10(11(8)9)13(14)16/h8-11H,2-7H2,1H3. The quantitative estimate of drug-likeness (QED) is 0.653. The van der Waals surface area contributed by atoms with Gasteiger partial charge in [0.25, 0.3) is 11.8 Å². The van der Waals surface area contributed by atoms with E-state index in [2.05, 4.69) is 0 Å². The third-order valence-corrected chi connectivity index (χ3v) is 4.87. The molecule has 2 atom stereocenters. The fourth-order valence-electron chi connectivity index (χ4n) is 4.22. The minimum Gasteiger partial charge on any atom is -0.272 e. The number of rotatable bonds is 1. The molecule has 0 bridgehead atoms. The molecule has 0 aromatic rings. The van der Waals surface area contributed by atoms with Crippen LogP contribution in [-0.2, 0) is 14.4 Å². The van der Waals surface area contributed by atoms with Gasteiger partial charge in [-0.3, -0.25) is 14.4 Å². The van der Waals surface area contributed by atoms with Crippen LogP contribution in [0.15, 0.2) is 0 Å². The third kappa shape index (κ3) is 1.53. The van der Waals surface area contributed by atoms with Crippen LogP contribution < -0.4 is 0 Å². The summed E-state index contributed by atoms with van der Waals surface area (Å²) in [5.41, 5.74) is 0. The van der Waals surface area contributed by atoms with E-state index in [1.807, 2.05) is 0 Å². The lowest BCUT2D eigenvalue weighted by atomic mass is 9.59. The highest BCUT2D eigenvalue weighted by Crippen LogP contribution is 2.50. The van der Waals surface area contributed by atoms with Crippen LogP contribution in [0.25, 0.3) is 0 Å². The van der Waals surface area contributed by atoms with Gasteiger partial charge in [0, 0.05) is 11.8 Å². The average molecular weight is 237 g/mol. The van der Waals surface area contributed by atoms with E-state index < -0.39 is 0 Å². The monoisotopic (exact) mass is 237 g/mol. The number of hydrogen-bond donors (Lipinski definition) is 0. The first-order valence-corrected chi connectivity index (χ1v) is 6.66. The van der Waals surface area contributed by atoms with Crippen LogP contribution in [0.4, 0.5) is 0 Å². The smallest absolute Gasteiger partial charge is 0.256 e. The number of nitrogens with zero attached hydrogens (tertiary/aromatic N) is 1. The molecule has 0 aromatic carbocycles. The topological polar surface area (TPSA) is 46.6 Å². The Bertz CT molecular complexity index is 325. The van der Waals surface area contributed by atoms with Gasteiger partial charge in [-0.2, -0.15) is 5.06 Å². The lowest BCUT2D eigenvalue weighted by molar-refractivity contribution is -0.210. The number of hydrogen-bond acceptors (Lipinski definition) is 3. The summed E-state index contributed by atoms with van der Waals surface area (Å²) < 4.78 is 0. The first kappa shape index (κ1) is 11.2. The van der Waals surface area contributed by atoms with Gasteiger partial charge in [-0.05, 0) is 24.7 Å². The predicted molar refractivity (Wildman–Crippen MR) is 60.5 cm³/mol. The van der Waals surface area contributed by atoms with E-state index in [4.69, 9.17) is 4.84 Å². The first-order chi connectivity index (χ1) is 8.24. The van der Waals surface area contributed by atoms with Crippen LogP contribution in [0, 0.1) is 23.7 Å². The molecule has 2 unspecified atom stereocenters. The molecule has 0 radical (unpaired) electrons. The van der Waals surface area contributed by atoms with Crippen molar-refractivity contribution in [3.63, 3.8) is 0 Å². The van der Waals surface area contributed by atoms with Gasteiger partial charge in [0.1, 0.15) is 0 Å². The zero-order valence-corrected chi connectivity index (χ0v) is 10.2. The van der Waals surface area contributed by atoms with Crippen LogP contribution in [0.2, 0.25) is 0 Å². The zero-order valence-electron chi connectivity index (χ0n) is 10.2. The molecule has 4 heteroatoms. The van der Waals surface area contributed by atoms with Crippen molar-refractivity contribution in [2.45, 2.75) is 38.5 Å². The molecule has 1 heterocycles. The van der Waals surface area contributed by atoms with E-state index in [0.717, 1.165) is 30.7 Å². The summed E-state index contributed by atoms with van der Waals surface area (Å²) in [7, 11) is 1.42. The Kier molecular flexibility index (Phi) is 2.69. The fourth-order valence-corrected chi connectivity index (χ4v) is 4.22. The molecule has 2 saturated carbocycles. The summed E-state index contributed by atoms with van der Waals surface area (Å²) >= 11 is 0. The summed E-state index contributed by atoms with van der Waals surface area (Å²) in [6, 6.07) is 0. The number of amides is 2. The molecule has 0 N–H and O–H groups in total. The summed E-state index contributed by atoms with van der Waals surface area (Å²) in [4.78, 5) is 29.4. The van der Waals surface area contributed by atoms with Crippen LogP contribution in [0.1, 0.15) is 38.5 Å². The Labute approximate surface area is 101 Å². The molecule has 3 rings (SSSR count). The molecule has 1 saturated heterocycles. The van der Waals surface area contributed by atoms with Crippen LogP contribution in [0.5, 0.6) is 0 Å². The molecule has 0 aromatic heterocycles. The summed E-state index contributed by atoms with van der Waals surface area (Å²) in [5.74, 6) is 0.799. The molecule has 2 amide bonds. The average Bonchev–Trinajstić information content (AvgIpc) is 2.36. The second-order valence-corrected chi connectivity index (χ2v) is 5.57. The van der Waals surface area contributed by atoms with Crippen molar-refractivity contribution in [2.75, 3.05) is 7.11 Å². The molecule has 1 aliphatic heterocycles. The number of imide groups is 1. The maximum absolute atomic E-state index is 12.2. The Morgan fingerprint density at radius 3 is 2.00 bits per heavy atom. The first-order valence-electron chi connectivity index (χ1n) is 6.66. The highest BCUT2D eigenvalue weighted by Gasteiger charge is 2.53. The minimum atomic E-state index is -0.0923. The van der Waals surface area contributed by atoms with Gasteiger partial charge in [-0.25, -0.2) is 0 Å². The summed E-state index contributed by atoms with van der Waals surface area (Å²) in [6.45, 7) is 0.